The second kappa shape index (κ2) is 9.74. The quantitative estimate of drug-likeness (QED) is 0.682. The van der Waals surface area contributed by atoms with E-state index in [2.05, 4.69) is 74.2 Å². The summed E-state index contributed by atoms with van der Waals surface area (Å²) in [5.41, 5.74) is 4.59. The van der Waals surface area contributed by atoms with Crippen LogP contribution >= 0.6 is 0 Å². The number of allylic oxidation sites excluding steroid dienone is 6. The van der Waals surface area contributed by atoms with Crippen LogP contribution in [0.15, 0.2) is 72.5 Å². The summed E-state index contributed by atoms with van der Waals surface area (Å²) in [7, 11) is 0. The first-order valence-corrected chi connectivity index (χ1v) is 9.14. The van der Waals surface area contributed by atoms with Crippen molar-refractivity contribution < 1.29 is 0 Å². The Morgan fingerprint density at radius 3 is 2.60 bits per heavy atom. The number of hydrogen-bond donors (Lipinski definition) is 1. The van der Waals surface area contributed by atoms with Gasteiger partial charge in [0.15, 0.2) is 0 Å². The molecular formula is C24H29N. The van der Waals surface area contributed by atoms with Gasteiger partial charge in [-0.05, 0) is 60.4 Å². The summed E-state index contributed by atoms with van der Waals surface area (Å²) < 4.78 is 0. The van der Waals surface area contributed by atoms with Crippen molar-refractivity contribution in [3.05, 3.63) is 83.6 Å². The number of nitrogens with one attached hydrogen (secondary N) is 1. The molecule has 130 valence electrons. The Hall–Kier alpha value is -2.46. The molecule has 1 aromatic rings. The van der Waals surface area contributed by atoms with E-state index in [-0.39, 0.29) is 0 Å². The average Bonchev–Trinajstić information content (AvgIpc) is 2.63. The molecule has 2 rings (SSSR count). The summed E-state index contributed by atoms with van der Waals surface area (Å²) >= 11 is 0. The maximum Gasteiger partial charge on any atom is 0.0267 e. The van der Waals surface area contributed by atoms with Crippen LogP contribution in [0.3, 0.4) is 0 Å². The van der Waals surface area contributed by atoms with Crippen molar-refractivity contribution in [2.75, 3.05) is 6.54 Å². The first kappa shape index (κ1) is 18.9. The molecule has 0 spiro atoms. The third kappa shape index (κ3) is 6.16. The molecule has 0 saturated heterocycles. The van der Waals surface area contributed by atoms with Crippen molar-refractivity contribution in [1.29, 1.82) is 0 Å². The lowest BCUT2D eigenvalue weighted by molar-refractivity contribution is 0.566. The van der Waals surface area contributed by atoms with Crippen LogP contribution in [-0.2, 0) is 0 Å². The molecule has 0 saturated carbocycles. The lowest BCUT2D eigenvalue weighted by Crippen LogP contribution is -2.15. The largest absolute Gasteiger partial charge is 0.386 e. The molecule has 1 aliphatic rings. The maximum absolute atomic E-state index is 5.47. The van der Waals surface area contributed by atoms with Gasteiger partial charge in [-0.15, -0.1) is 6.42 Å². The van der Waals surface area contributed by atoms with Gasteiger partial charge in [0.2, 0.25) is 0 Å². The zero-order chi connectivity index (χ0) is 18.1. The second-order valence-electron chi connectivity index (χ2n) is 6.86. The van der Waals surface area contributed by atoms with Gasteiger partial charge in [-0.25, -0.2) is 0 Å². The molecule has 1 heteroatoms. The summed E-state index contributed by atoms with van der Waals surface area (Å²) in [6.07, 6.45) is 19.7. The molecule has 0 fully saturated rings. The van der Waals surface area contributed by atoms with Crippen LogP contribution in [0.4, 0.5) is 0 Å². The number of hydrogen-bond acceptors (Lipinski definition) is 1. The minimum Gasteiger partial charge on any atom is -0.386 e. The molecule has 25 heavy (non-hydrogen) atoms. The maximum atomic E-state index is 5.47. The van der Waals surface area contributed by atoms with Crippen LogP contribution in [-0.4, -0.2) is 6.54 Å². The van der Waals surface area contributed by atoms with E-state index in [0.717, 1.165) is 37.1 Å². The highest BCUT2D eigenvalue weighted by molar-refractivity contribution is 5.35. The third-order valence-electron chi connectivity index (χ3n) is 4.64. The monoisotopic (exact) mass is 331 g/mol. The van der Waals surface area contributed by atoms with E-state index in [1.807, 2.05) is 12.1 Å². The highest BCUT2D eigenvalue weighted by atomic mass is 14.9. The Labute approximate surface area is 153 Å². The Morgan fingerprint density at radius 1 is 1.16 bits per heavy atom. The van der Waals surface area contributed by atoms with Gasteiger partial charge < -0.3 is 5.32 Å². The summed E-state index contributed by atoms with van der Waals surface area (Å²) in [5.74, 6) is 3.71. The summed E-state index contributed by atoms with van der Waals surface area (Å²) in [4.78, 5) is 0. The van der Waals surface area contributed by atoms with Crippen LogP contribution < -0.4 is 5.32 Å². The van der Waals surface area contributed by atoms with E-state index in [9.17, 15) is 0 Å². The second-order valence-corrected chi connectivity index (χ2v) is 6.86. The standard InChI is InChI=1S/C24H29N/c1-5-21-12-15-24(16-13-21)23-10-8-6-7-9-22(19(2)3)14-11-20(4)25-18-17-23/h1,6-7,9,11-16,19,23,25H,4,8,10,17-18H2,2-3H3/b7-6+,14-11+,22-9+. The highest BCUT2D eigenvalue weighted by Crippen LogP contribution is 2.25. The van der Waals surface area contributed by atoms with Crippen LogP contribution in [0, 0.1) is 18.3 Å². The Kier molecular flexibility index (Phi) is 7.36. The van der Waals surface area contributed by atoms with Crippen molar-refractivity contribution in [2.24, 2.45) is 5.92 Å². The van der Waals surface area contributed by atoms with Gasteiger partial charge in [0.05, 0.1) is 0 Å². The fraction of sp³-hybridized carbons (Fsp3) is 0.333. The van der Waals surface area contributed by atoms with E-state index in [1.54, 1.807) is 0 Å². The van der Waals surface area contributed by atoms with Crippen LogP contribution in [0.1, 0.15) is 50.2 Å². The number of rotatable bonds is 2. The molecule has 0 amide bonds. The fourth-order valence-electron chi connectivity index (χ4n) is 3.01. The van der Waals surface area contributed by atoms with Crippen LogP contribution in [0.25, 0.3) is 0 Å². The Morgan fingerprint density at radius 2 is 1.92 bits per heavy atom. The predicted molar refractivity (Wildman–Crippen MR) is 109 cm³/mol. The van der Waals surface area contributed by atoms with E-state index in [1.165, 1.54) is 11.1 Å². The smallest absolute Gasteiger partial charge is 0.0267 e. The summed E-state index contributed by atoms with van der Waals surface area (Å²) in [6.45, 7) is 9.47. The first-order chi connectivity index (χ1) is 12.1. The minimum atomic E-state index is 0.501. The fourth-order valence-corrected chi connectivity index (χ4v) is 3.01. The normalized spacial score (nSPS) is 23.8. The molecular weight excluding hydrogens is 302 g/mol. The van der Waals surface area contributed by atoms with Gasteiger partial charge in [0.25, 0.3) is 0 Å². The topological polar surface area (TPSA) is 12.0 Å². The average molecular weight is 332 g/mol. The van der Waals surface area contributed by atoms with Crippen molar-refractivity contribution in [1.82, 2.24) is 5.32 Å². The molecule has 1 aliphatic heterocycles. The zero-order valence-corrected chi connectivity index (χ0v) is 15.5. The lowest BCUT2D eigenvalue weighted by atomic mass is 9.90. The SMILES string of the molecule is C#Cc1ccc(C2CC/C=C/C=C(C(C)C)\C=C\C(=C)NCC2)cc1. The zero-order valence-electron chi connectivity index (χ0n) is 15.5. The molecule has 1 N–H and O–H groups in total. The molecule has 0 aromatic heterocycles. The van der Waals surface area contributed by atoms with Gasteiger partial charge in [0.1, 0.15) is 0 Å². The predicted octanol–water partition coefficient (Wildman–Crippen LogP) is 5.73. The van der Waals surface area contributed by atoms with Gasteiger partial charge >= 0.3 is 0 Å². The van der Waals surface area contributed by atoms with Gasteiger partial charge in [0, 0.05) is 17.8 Å². The number of terminal acetylenes is 1. The summed E-state index contributed by atoms with van der Waals surface area (Å²) in [5, 5.41) is 3.44. The molecule has 0 aliphatic carbocycles. The van der Waals surface area contributed by atoms with Crippen molar-refractivity contribution in [3.8, 4) is 12.3 Å². The molecule has 1 unspecified atom stereocenters. The van der Waals surface area contributed by atoms with Gasteiger partial charge in [-0.3, -0.25) is 0 Å². The molecule has 0 radical (unpaired) electrons. The Bertz CT molecular complexity index is 693. The van der Waals surface area contributed by atoms with Crippen molar-refractivity contribution in [3.63, 3.8) is 0 Å². The van der Waals surface area contributed by atoms with E-state index in [4.69, 9.17) is 6.42 Å². The van der Waals surface area contributed by atoms with Crippen LogP contribution in [0.2, 0.25) is 0 Å². The molecule has 0 bridgehead atoms. The first-order valence-electron chi connectivity index (χ1n) is 9.14. The Balaban J connectivity index is 2.15. The highest BCUT2D eigenvalue weighted by Gasteiger charge is 2.11. The van der Waals surface area contributed by atoms with Crippen LogP contribution in [0.5, 0.6) is 0 Å². The third-order valence-corrected chi connectivity index (χ3v) is 4.64. The minimum absolute atomic E-state index is 0.501. The van der Waals surface area contributed by atoms with Gasteiger partial charge in [-0.2, -0.15) is 0 Å². The molecule has 1 heterocycles. The molecule has 1 nitrogen and oxygen atoms in total. The summed E-state index contributed by atoms with van der Waals surface area (Å²) in [6, 6.07) is 8.43. The van der Waals surface area contributed by atoms with Gasteiger partial charge in [-0.1, -0.05) is 62.8 Å². The van der Waals surface area contributed by atoms with E-state index < -0.39 is 0 Å². The molecule has 1 aromatic carbocycles. The van der Waals surface area contributed by atoms with E-state index in [0.29, 0.717) is 11.8 Å². The molecule has 1 atom stereocenters. The van der Waals surface area contributed by atoms with Crippen molar-refractivity contribution >= 4 is 0 Å². The number of benzene rings is 1. The van der Waals surface area contributed by atoms with Crippen molar-refractivity contribution in [2.45, 2.75) is 39.0 Å². The lowest BCUT2D eigenvalue weighted by Gasteiger charge is -2.18. The van der Waals surface area contributed by atoms with E-state index >= 15 is 0 Å².